The summed E-state index contributed by atoms with van der Waals surface area (Å²) in [5.41, 5.74) is 5.89. The second-order valence-electron chi connectivity index (χ2n) is 8.50. The van der Waals surface area contributed by atoms with Crippen LogP contribution in [0.2, 0.25) is 0 Å². The standard InChI is InChI=1S/C29H31N3O4/c30-16-25(17-32-31)27-29(35-20-24-14-8-3-9-15-24)28(34-19-23-12-6-2-7-13-23)26(36-27)21-33-18-22-10-4-1-5-11-22/h1-15,17,26-29,32H,18-21,31H2/t26-,27?,28+,29+/m1/s1. The normalized spacial score (nSPS) is 21.7. The number of hydrazine groups is 1. The van der Waals surface area contributed by atoms with Crippen LogP contribution >= 0.6 is 0 Å². The molecular weight excluding hydrogens is 454 g/mol. The molecule has 3 aromatic rings. The van der Waals surface area contributed by atoms with Crippen molar-refractivity contribution >= 4 is 0 Å². The molecule has 3 N–H and O–H groups in total. The molecule has 1 saturated heterocycles. The zero-order valence-corrected chi connectivity index (χ0v) is 20.0. The Bertz CT molecular complexity index is 1120. The van der Waals surface area contributed by atoms with E-state index in [2.05, 4.69) is 11.5 Å². The van der Waals surface area contributed by atoms with Crippen LogP contribution in [0.3, 0.4) is 0 Å². The molecule has 0 amide bonds. The van der Waals surface area contributed by atoms with Crippen LogP contribution in [0, 0.1) is 11.3 Å². The van der Waals surface area contributed by atoms with Gasteiger partial charge in [-0.1, -0.05) is 91.0 Å². The van der Waals surface area contributed by atoms with E-state index in [0.29, 0.717) is 25.4 Å². The van der Waals surface area contributed by atoms with Gasteiger partial charge in [-0.2, -0.15) is 5.26 Å². The molecule has 1 aliphatic heterocycles. The molecule has 1 unspecified atom stereocenters. The summed E-state index contributed by atoms with van der Waals surface area (Å²) in [6.45, 7) is 1.45. The number of hydrogen-bond acceptors (Lipinski definition) is 7. The van der Waals surface area contributed by atoms with E-state index in [1.807, 2.05) is 91.0 Å². The van der Waals surface area contributed by atoms with E-state index >= 15 is 0 Å². The first-order valence-electron chi connectivity index (χ1n) is 11.9. The minimum absolute atomic E-state index is 0.283. The molecule has 4 atom stereocenters. The molecule has 7 nitrogen and oxygen atoms in total. The average molecular weight is 486 g/mol. The number of rotatable bonds is 12. The van der Waals surface area contributed by atoms with Crippen LogP contribution in [0.15, 0.2) is 103 Å². The molecule has 1 fully saturated rings. The van der Waals surface area contributed by atoms with Gasteiger partial charge in [0.1, 0.15) is 24.4 Å². The molecule has 7 heteroatoms. The summed E-state index contributed by atoms with van der Waals surface area (Å²) in [7, 11) is 0. The maximum absolute atomic E-state index is 9.80. The second kappa shape index (κ2) is 13.5. The first kappa shape index (κ1) is 25.6. The van der Waals surface area contributed by atoms with Crippen molar-refractivity contribution in [1.82, 2.24) is 5.43 Å². The monoisotopic (exact) mass is 485 g/mol. The lowest BCUT2D eigenvalue weighted by molar-refractivity contribution is -0.0896. The summed E-state index contributed by atoms with van der Waals surface area (Å²) in [6, 6.07) is 31.9. The summed E-state index contributed by atoms with van der Waals surface area (Å²) >= 11 is 0. The topological polar surface area (TPSA) is 98.8 Å². The third-order valence-electron chi connectivity index (χ3n) is 5.95. The Morgan fingerprint density at radius 2 is 1.31 bits per heavy atom. The van der Waals surface area contributed by atoms with Crippen molar-refractivity contribution in [2.24, 2.45) is 5.84 Å². The molecular formula is C29H31N3O4. The van der Waals surface area contributed by atoms with Crippen molar-refractivity contribution in [1.29, 1.82) is 5.26 Å². The molecule has 186 valence electrons. The Labute approximate surface area is 212 Å². The van der Waals surface area contributed by atoms with Crippen molar-refractivity contribution < 1.29 is 18.9 Å². The maximum atomic E-state index is 9.80. The van der Waals surface area contributed by atoms with E-state index in [4.69, 9.17) is 24.8 Å². The average Bonchev–Trinajstić information content (AvgIpc) is 3.28. The lowest BCUT2D eigenvalue weighted by atomic mass is 10.0. The Kier molecular flexibility index (Phi) is 9.62. The number of nitrogens with zero attached hydrogens (tertiary/aromatic N) is 1. The van der Waals surface area contributed by atoms with Gasteiger partial charge in [-0.05, 0) is 16.7 Å². The van der Waals surface area contributed by atoms with Crippen LogP contribution in [-0.4, -0.2) is 31.0 Å². The fraction of sp³-hybridized carbons (Fsp3) is 0.276. The summed E-state index contributed by atoms with van der Waals surface area (Å²) in [6.07, 6.45) is -0.688. The van der Waals surface area contributed by atoms with Crippen molar-refractivity contribution in [3.63, 3.8) is 0 Å². The van der Waals surface area contributed by atoms with Crippen LogP contribution in [0.4, 0.5) is 0 Å². The Hall–Kier alpha value is -3.51. The Morgan fingerprint density at radius 3 is 1.81 bits per heavy atom. The quantitative estimate of drug-likeness (QED) is 0.227. The summed E-state index contributed by atoms with van der Waals surface area (Å²) in [5, 5.41) is 9.80. The molecule has 0 bridgehead atoms. The van der Waals surface area contributed by atoms with Gasteiger partial charge >= 0.3 is 0 Å². The highest BCUT2D eigenvalue weighted by Gasteiger charge is 2.48. The number of benzene rings is 3. The van der Waals surface area contributed by atoms with Crippen LogP contribution in [-0.2, 0) is 38.8 Å². The molecule has 4 rings (SSSR count). The molecule has 36 heavy (non-hydrogen) atoms. The van der Waals surface area contributed by atoms with Gasteiger partial charge in [-0.25, -0.2) is 0 Å². The van der Waals surface area contributed by atoms with Crippen LogP contribution in [0.25, 0.3) is 0 Å². The first-order valence-corrected chi connectivity index (χ1v) is 11.9. The van der Waals surface area contributed by atoms with Gasteiger partial charge < -0.3 is 24.4 Å². The van der Waals surface area contributed by atoms with E-state index < -0.39 is 24.4 Å². The molecule has 1 aliphatic rings. The minimum Gasteiger partial charge on any atom is -0.374 e. The van der Waals surface area contributed by atoms with Crippen molar-refractivity contribution in [2.75, 3.05) is 6.61 Å². The zero-order chi connectivity index (χ0) is 25.0. The van der Waals surface area contributed by atoms with Crippen LogP contribution < -0.4 is 11.3 Å². The molecule has 0 aliphatic carbocycles. The van der Waals surface area contributed by atoms with E-state index in [1.165, 1.54) is 6.20 Å². The second-order valence-corrected chi connectivity index (χ2v) is 8.50. The van der Waals surface area contributed by atoms with Crippen molar-refractivity contribution in [3.05, 3.63) is 119 Å². The minimum atomic E-state index is -0.666. The SMILES string of the molecule is N#CC(=CNN)C1O[C@H](COCc2ccccc2)[C@H](OCc2ccccc2)[C@H]1OCc1ccccc1. The molecule has 0 aromatic heterocycles. The fourth-order valence-electron chi connectivity index (χ4n) is 4.16. The van der Waals surface area contributed by atoms with Gasteiger partial charge in [0.2, 0.25) is 0 Å². The Balaban J connectivity index is 1.54. The van der Waals surface area contributed by atoms with Crippen molar-refractivity contribution in [2.45, 2.75) is 44.2 Å². The van der Waals surface area contributed by atoms with Gasteiger partial charge in [0.25, 0.3) is 0 Å². The Morgan fingerprint density at radius 1 is 0.806 bits per heavy atom. The van der Waals surface area contributed by atoms with Crippen LogP contribution in [0.5, 0.6) is 0 Å². The van der Waals surface area contributed by atoms with Gasteiger partial charge in [0, 0.05) is 6.20 Å². The van der Waals surface area contributed by atoms with Gasteiger partial charge in [-0.3, -0.25) is 5.84 Å². The van der Waals surface area contributed by atoms with Crippen molar-refractivity contribution in [3.8, 4) is 6.07 Å². The largest absolute Gasteiger partial charge is 0.374 e. The smallest absolute Gasteiger partial charge is 0.123 e. The predicted octanol–water partition coefficient (Wildman–Crippen LogP) is 4.01. The third-order valence-corrected chi connectivity index (χ3v) is 5.95. The van der Waals surface area contributed by atoms with E-state index in [1.54, 1.807) is 0 Å². The van der Waals surface area contributed by atoms with E-state index in [0.717, 1.165) is 16.7 Å². The fourth-order valence-corrected chi connectivity index (χ4v) is 4.16. The molecule has 3 aromatic carbocycles. The van der Waals surface area contributed by atoms with E-state index in [9.17, 15) is 5.26 Å². The molecule has 0 spiro atoms. The number of ether oxygens (including phenoxy) is 4. The van der Waals surface area contributed by atoms with Crippen LogP contribution in [0.1, 0.15) is 16.7 Å². The van der Waals surface area contributed by atoms with Gasteiger partial charge in [0.15, 0.2) is 0 Å². The summed E-state index contributed by atoms with van der Waals surface area (Å²) < 4.78 is 25.1. The number of hydrogen-bond donors (Lipinski definition) is 2. The molecule has 0 radical (unpaired) electrons. The highest BCUT2D eigenvalue weighted by atomic mass is 16.6. The van der Waals surface area contributed by atoms with Gasteiger partial charge in [-0.15, -0.1) is 0 Å². The van der Waals surface area contributed by atoms with Gasteiger partial charge in [0.05, 0.1) is 38.1 Å². The molecule has 1 heterocycles. The maximum Gasteiger partial charge on any atom is 0.123 e. The highest BCUT2D eigenvalue weighted by Crippen LogP contribution is 2.32. The molecule has 0 saturated carbocycles. The highest BCUT2D eigenvalue weighted by molar-refractivity contribution is 5.29. The zero-order valence-electron chi connectivity index (χ0n) is 20.0. The number of nitrogens with one attached hydrogen (secondary N) is 1. The summed E-state index contributed by atoms with van der Waals surface area (Å²) in [5.74, 6) is 5.50. The number of nitriles is 1. The first-order chi connectivity index (χ1) is 17.8. The lowest BCUT2D eigenvalue weighted by Crippen LogP contribution is -2.39. The van der Waals surface area contributed by atoms with E-state index in [-0.39, 0.29) is 6.61 Å². The number of nitrogens with two attached hydrogens (primary N) is 1. The summed E-state index contributed by atoms with van der Waals surface area (Å²) in [4.78, 5) is 0. The third kappa shape index (κ3) is 7.01. The lowest BCUT2D eigenvalue weighted by Gasteiger charge is -2.25. The predicted molar refractivity (Wildman–Crippen MR) is 136 cm³/mol.